The van der Waals surface area contributed by atoms with E-state index in [4.69, 9.17) is 12.2 Å². The first kappa shape index (κ1) is 13.1. The molecule has 1 N–H and O–H groups in total. The Balaban J connectivity index is 2.46. The Labute approximate surface area is 126 Å². The van der Waals surface area contributed by atoms with Gasteiger partial charge in [-0.2, -0.15) is 10.5 Å². The molecule has 3 aromatic rings. The van der Waals surface area contributed by atoms with Crippen molar-refractivity contribution < 1.29 is 0 Å². The Morgan fingerprint density at radius 1 is 1.10 bits per heavy atom. The van der Waals surface area contributed by atoms with Crippen molar-refractivity contribution in [3.8, 4) is 17.8 Å². The summed E-state index contributed by atoms with van der Waals surface area (Å²) in [5, 5.41) is 18.6. The molecule has 0 saturated carbocycles. The summed E-state index contributed by atoms with van der Waals surface area (Å²) in [5.41, 5.74) is 4.21. The van der Waals surface area contributed by atoms with Crippen molar-refractivity contribution in [2.45, 2.75) is 6.92 Å². The second-order valence-electron chi connectivity index (χ2n) is 4.66. The summed E-state index contributed by atoms with van der Waals surface area (Å²) >= 11 is 5.38. The van der Waals surface area contributed by atoms with Crippen LogP contribution in [0.4, 0.5) is 0 Å². The zero-order chi connectivity index (χ0) is 15.0. The number of imidazole rings is 1. The van der Waals surface area contributed by atoms with Gasteiger partial charge < -0.3 is 4.98 Å². The highest BCUT2D eigenvalue weighted by Gasteiger charge is 2.13. The first-order chi connectivity index (χ1) is 10.2. The van der Waals surface area contributed by atoms with Gasteiger partial charge >= 0.3 is 0 Å². The molecule has 0 atom stereocenters. The molecule has 21 heavy (non-hydrogen) atoms. The van der Waals surface area contributed by atoms with Gasteiger partial charge in [0.05, 0.1) is 27.8 Å². The number of benzene rings is 2. The van der Waals surface area contributed by atoms with E-state index in [0.29, 0.717) is 21.4 Å². The van der Waals surface area contributed by atoms with Gasteiger partial charge in [-0.05, 0) is 42.9 Å². The molecular weight excluding hydrogens is 280 g/mol. The van der Waals surface area contributed by atoms with Crippen LogP contribution in [0.5, 0.6) is 0 Å². The normalized spacial score (nSPS) is 10.2. The Morgan fingerprint density at radius 2 is 1.86 bits per heavy atom. The second-order valence-corrected chi connectivity index (χ2v) is 5.04. The average Bonchev–Trinajstić information content (AvgIpc) is 2.82. The first-order valence-corrected chi connectivity index (χ1v) is 6.72. The van der Waals surface area contributed by atoms with Crippen LogP contribution in [0.2, 0.25) is 0 Å². The predicted octanol–water partition coefficient (Wildman–Crippen LogP) is 3.74. The maximum Gasteiger partial charge on any atom is 0.182 e. The number of rotatable bonds is 1. The fraction of sp³-hybridized carbons (Fsp3) is 0.0625. The highest BCUT2D eigenvalue weighted by molar-refractivity contribution is 7.71. The minimum absolute atomic E-state index is 0.467. The van der Waals surface area contributed by atoms with E-state index < -0.39 is 0 Å². The minimum atomic E-state index is 0.467. The Morgan fingerprint density at radius 3 is 2.57 bits per heavy atom. The number of aromatic nitrogens is 2. The smallest absolute Gasteiger partial charge is 0.182 e. The van der Waals surface area contributed by atoms with Gasteiger partial charge in [0, 0.05) is 0 Å². The largest absolute Gasteiger partial charge is 0.329 e. The fourth-order valence-electron chi connectivity index (χ4n) is 2.45. The molecule has 0 bridgehead atoms. The van der Waals surface area contributed by atoms with E-state index in [1.165, 1.54) is 0 Å². The lowest BCUT2D eigenvalue weighted by Gasteiger charge is -2.08. The molecule has 0 spiro atoms. The van der Waals surface area contributed by atoms with Crippen molar-refractivity contribution in [1.82, 2.24) is 9.55 Å². The summed E-state index contributed by atoms with van der Waals surface area (Å²) in [4.78, 5) is 3.06. The topological polar surface area (TPSA) is 68.3 Å². The Hall–Kier alpha value is -2.89. The van der Waals surface area contributed by atoms with E-state index >= 15 is 0 Å². The number of H-pyrrole nitrogens is 1. The van der Waals surface area contributed by atoms with Gasteiger partial charge in [-0.25, -0.2) is 0 Å². The monoisotopic (exact) mass is 290 g/mol. The molecule has 1 aromatic heterocycles. The molecule has 1 heterocycles. The zero-order valence-corrected chi connectivity index (χ0v) is 12.0. The highest BCUT2D eigenvalue weighted by atomic mass is 32.1. The van der Waals surface area contributed by atoms with Crippen LogP contribution in [-0.2, 0) is 0 Å². The number of nitrogens with one attached hydrogen (secondary N) is 1. The van der Waals surface area contributed by atoms with Gasteiger partial charge in [0.25, 0.3) is 0 Å². The number of aromatic amines is 1. The van der Waals surface area contributed by atoms with E-state index in [0.717, 1.165) is 16.8 Å². The number of nitriles is 2. The quantitative estimate of drug-likeness (QED) is 0.694. The third-order valence-electron chi connectivity index (χ3n) is 3.44. The lowest BCUT2D eigenvalue weighted by Crippen LogP contribution is -1.99. The van der Waals surface area contributed by atoms with Gasteiger partial charge in [0.1, 0.15) is 12.1 Å². The van der Waals surface area contributed by atoms with Crippen molar-refractivity contribution >= 4 is 23.3 Å². The van der Waals surface area contributed by atoms with Crippen LogP contribution in [-0.4, -0.2) is 9.55 Å². The molecule has 5 heteroatoms. The number of aryl methyl sites for hydroxylation is 1. The highest BCUT2D eigenvalue weighted by Crippen LogP contribution is 2.25. The van der Waals surface area contributed by atoms with Crippen LogP contribution < -0.4 is 0 Å². The molecule has 100 valence electrons. The van der Waals surface area contributed by atoms with Gasteiger partial charge in [0.2, 0.25) is 0 Å². The molecule has 0 aliphatic carbocycles. The number of nitrogens with zero attached hydrogens (tertiary/aromatic N) is 3. The van der Waals surface area contributed by atoms with Crippen LogP contribution in [0.15, 0.2) is 36.4 Å². The molecule has 0 radical (unpaired) electrons. The van der Waals surface area contributed by atoms with Gasteiger partial charge in [-0.15, -0.1) is 0 Å². The van der Waals surface area contributed by atoms with Crippen LogP contribution in [0, 0.1) is 34.4 Å². The lowest BCUT2D eigenvalue weighted by molar-refractivity contribution is 1.05. The second kappa shape index (κ2) is 4.90. The number of para-hydroxylation sites is 1. The molecule has 0 unspecified atom stereocenters. The van der Waals surface area contributed by atoms with Crippen LogP contribution in [0.3, 0.4) is 0 Å². The third-order valence-corrected chi connectivity index (χ3v) is 3.73. The zero-order valence-electron chi connectivity index (χ0n) is 11.2. The maximum atomic E-state index is 9.40. The average molecular weight is 290 g/mol. The molecule has 0 amide bonds. The maximum absolute atomic E-state index is 9.40. The molecule has 0 aliphatic rings. The van der Waals surface area contributed by atoms with E-state index in [2.05, 4.69) is 17.1 Å². The van der Waals surface area contributed by atoms with E-state index in [1.807, 2.05) is 37.3 Å². The van der Waals surface area contributed by atoms with Crippen molar-refractivity contribution in [3.63, 3.8) is 0 Å². The molecule has 0 saturated heterocycles. The van der Waals surface area contributed by atoms with Crippen LogP contribution >= 0.6 is 12.2 Å². The van der Waals surface area contributed by atoms with Gasteiger partial charge in [0.15, 0.2) is 4.77 Å². The standard InChI is InChI=1S/C16H10N4S/c1-10-4-2-6-13(12(10)9-18)20-14-7-3-5-11(8-17)15(14)19-16(20)21/h2-7H,1H3,(H,19,21). The van der Waals surface area contributed by atoms with E-state index in [9.17, 15) is 10.5 Å². The van der Waals surface area contributed by atoms with Gasteiger partial charge in [-0.1, -0.05) is 18.2 Å². The number of fused-ring (bicyclic) bond motifs is 1. The van der Waals surface area contributed by atoms with Crippen molar-refractivity contribution in [2.24, 2.45) is 0 Å². The van der Waals surface area contributed by atoms with Crippen molar-refractivity contribution in [2.75, 3.05) is 0 Å². The summed E-state index contributed by atoms with van der Waals surface area (Å²) in [6, 6.07) is 15.4. The van der Waals surface area contributed by atoms with Gasteiger partial charge in [-0.3, -0.25) is 4.57 Å². The van der Waals surface area contributed by atoms with Crippen LogP contribution in [0.1, 0.15) is 16.7 Å². The summed E-state index contributed by atoms with van der Waals surface area (Å²) in [7, 11) is 0. The van der Waals surface area contributed by atoms with E-state index in [-0.39, 0.29) is 0 Å². The number of hydrogen-bond donors (Lipinski definition) is 1. The molecular formula is C16H10N4S. The van der Waals surface area contributed by atoms with Crippen molar-refractivity contribution in [3.05, 3.63) is 57.9 Å². The fourth-order valence-corrected chi connectivity index (χ4v) is 2.75. The molecule has 0 aliphatic heterocycles. The lowest BCUT2D eigenvalue weighted by atomic mass is 10.1. The summed E-state index contributed by atoms with van der Waals surface area (Å²) < 4.78 is 2.27. The third kappa shape index (κ3) is 1.92. The summed E-state index contributed by atoms with van der Waals surface area (Å²) in [6.07, 6.45) is 0. The molecule has 3 rings (SSSR count). The molecule has 0 fully saturated rings. The summed E-state index contributed by atoms with van der Waals surface area (Å²) in [5.74, 6) is 0. The minimum Gasteiger partial charge on any atom is -0.329 e. The van der Waals surface area contributed by atoms with E-state index in [1.54, 1.807) is 10.6 Å². The molecule has 4 nitrogen and oxygen atoms in total. The predicted molar refractivity (Wildman–Crippen MR) is 82.6 cm³/mol. The summed E-state index contributed by atoms with van der Waals surface area (Å²) in [6.45, 7) is 1.89. The SMILES string of the molecule is Cc1cccc(-n2c(=S)[nH]c3c(C#N)cccc32)c1C#N. The molecule has 2 aromatic carbocycles. The first-order valence-electron chi connectivity index (χ1n) is 6.31. The Kier molecular flexibility index (Phi) is 3.06. The van der Waals surface area contributed by atoms with Crippen LogP contribution in [0.25, 0.3) is 16.7 Å². The van der Waals surface area contributed by atoms with Crippen molar-refractivity contribution in [1.29, 1.82) is 10.5 Å². The number of hydrogen-bond acceptors (Lipinski definition) is 3. The Bertz CT molecular complexity index is 996.